The number of anilines is 1. The van der Waals surface area contributed by atoms with E-state index in [1.807, 2.05) is 30.3 Å². The Balaban J connectivity index is 1.77. The molecule has 0 N–H and O–H groups in total. The van der Waals surface area contributed by atoms with Gasteiger partial charge in [0.2, 0.25) is 11.9 Å². The van der Waals surface area contributed by atoms with E-state index in [-0.39, 0.29) is 5.91 Å². The number of piperazine rings is 1. The molecule has 7 heteroatoms. The zero-order chi connectivity index (χ0) is 14.7. The Bertz CT molecular complexity index is 630. The van der Waals surface area contributed by atoms with Gasteiger partial charge in [-0.1, -0.05) is 29.9 Å². The average molecular weight is 284 g/mol. The Morgan fingerprint density at radius 1 is 1.14 bits per heavy atom. The minimum atomic E-state index is -0.0303. The van der Waals surface area contributed by atoms with Gasteiger partial charge in [-0.25, -0.2) is 0 Å². The van der Waals surface area contributed by atoms with Crippen LogP contribution in [-0.4, -0.2) is 57.2 Å². The van der Waals surface area contributed by atoms with Crippen molar-refractivity contribution in [2.24, 2.45) is 0 Å². The molecule has 7 nitrogen and oxygen atoms in total. The number of aromatic nitrogens is 4. The Morgan fingerprint density at radius 2 is 1.86 bits per heavy atom. The maximum atomic E-state index is 11.6. The van der Waals surface area contributed by atoms with E-state index >= 15 is 0 Å². The van der Waals surface area contributed by atoms with Crippen LogP contribution in [0.15, 0.2) is 43.0 Å². The van der Waals surface area contributed by atoms with E-state index in [9.17, 15) is 4.79 Å². The summed E-state index contributed by atoms with van der Waals surface area (Å²) < 4.78 is 1.71. The number of nitrogens with zero attached hydrogens (tertiary/aromatic N) is 6. The second-order valence-corrected chi connectivity index (χ2v) is 4.74. The lowest BCUT2D eigenvalue weighted by Crippen LogP contribution is -2.49. The second kappa shape index (κ2) is 5.74. The van der Waals surface area contributed by atoms with Crippen molar-refractivity contribution in [1.29, 1.82) is 0 Å². The van der Waals surface area contributed by atoms with E-state index in [0.29, 0.717) is 32.1 Å². The van der Waals surface area contributed by atoms with Crippen LogP contribution in [0.2, 0.25) is 0 Å². The van der Waals surface area contributed by atoms with Crippen LogP contribution in [-0.2, 0) is 4.79 Å². The summed E-state index contributed by atoms with van der Waals surface area (Å²) >= 11 is 0. The van der Waals surface area contributed by atoms with Gasteiger partial charge in [-0.15, -0.1) is 0 Å². The van der Waals surface area contributed by atoms with Crippen LogP contribution in [0.4, 0.5) is 5.95 Å². The lowest BCUT2D eigenvalue weighted by Gasteiger charge is -2.34. The number of hydrogen-bond donors (Lipinski definition) is 0. The van der Waals surface area contributed by atoms with Crippen LogP contribution in [0.5, 0.6) is 0 Å². The van der Waals surface area contributed by atoms with Gasteiger partial charge in [0.05, 0.1) is 5.69 Å². The van der Waals surface area contributed by atoms with Crippen LogP contribution >= 0.6 is 0 Å². The Kier molecular flexibility index (Phi) is 3.63. The van der Waals surface area contributed by atoms with E-state index < -0.39 is 0 Å². The van der Waals surface area contributed by atoms with Gasteiger partial charge < -0.3 is 9.80 Å². The lowest BCUT2D eigenvalue weighted by molar-refractivity contribution is -0.126. The van der Waals surface area contributed by atoms with Gasteiger partial charge in [-0.2, -0.15) is 4.68 Å². The molecule has 2 heterocycles. The number of carbonyl (C=O) groups is 1. The molecule has 3 rings (SSSR count). The molecule has 1 aromatic carbocycles. The second-order valence-electron chi connectivity index (χ2n) is 4.74. The molecule has 1 amide bonds. The molecule has 1 fully saturated rings. The Morgan fingerprint density at radius 3 is 2.52 bits per heavy atom. The Labute approximate surface area is 122 Å². The smallest absolute Gasteiger partial charge is 0.250 e. The molecule has 0 aliphatic carbocycles. The molecule has 0 bridgehead atoms. The molecule has 1 aromatic heterocycles. The third kappa shape index (κ3) is 2.62. The fraction of sp³-hybridized carbons (Fsp3) is 0.286. The lowest BCUT2D eigenvalue weighted by atomic mass is 10.3. The van der Waals surface area contributed by atoms with Crippen molar-refractivity contribution in [3.05, 3.63) is 43.0 Å². The first kappa shape index (κ1) is 13.3. The van der Waals surface area contributed by atoms with Crippen LogP contribution in [0.1, 0.15) is 0 Å². The van der Waals surface area contributed by atoms with E-state index in [0.717, 1.165) is 5.69 Å². The van der Waals surface area contributed by atoms with E-state index in [4.69, 9.17) is 0 Å². The monoisotopic (exact) mass is 284 g/mol. The van der Waals surface area contributed by atoms with E-state index in [1.165, 1.54) is 6.08 Å². The van der Waals surface area contributed by atoms with Gasteiger partial charge in [0.1, 0.15) is 0 Å². The summed E-state index contributed by atoms with van der Waals surface area (Å²) in [4.78, 5) is 15.5. The molecule has 2 aromatic rings. The van der Waals surface area contributed by atoms with Crippen LogP contribution in [0, 0.1) is 0 Å². The van der Waals surface area contributed by atoms with Crippen LogP contribution in [0.3, 0.4) is 0 Å². The molecule has 108 valence electrons. The van der Waals surface area contributed by atoms with Crippen molar-refractivity contribution in [2.45, 2.75) is 0 Å². The highest BCUT2D eigenvalue weighted by Crippen LogP contribution is 2.16. The number of para-hydroxylation sites is 1. The molecule has 0 spiro atoms. The molecule has 1 aliphatic rings. The highest BCUT2D eigenvalue weighted by atomic mass is 16.2. The van der Waals surface area contributed by atoms with Gasteiger partial charge >= 0.3 is 0 Å². The summed E-state index contributed by atoms with van der Waals surface area (Å²) in [5.41, 5.74) is 0.919. The zero-order valence-electron chi connectivity index (χ0n) is 11.6. The van der Waals surface area contributed by atoms with Crippen molar-refractivity contribution >= 4 is 11.9 Å². The topological polar surface area (TPSA) is 67.2 Å². The first-order chi connectivity index (χ1) is 10.3. The molecule has 1 saturated heterocycles. The molecule has 0 unspecified atom stereocenters. The fourth-order valence-electron chi connectivity index (χ4n) is 2.37. The normalized spacial score (nSPS) is 15.0. The van der Waals surface area contributed by atoms with Gasteiger partial charge in [0.25, 0.3) is 0 Å². The van der Waals surface area contributed by atoms with Crippen LogP contribution in [0.25, 0.3) is 5.69 Å². The minimum absolute atomic E-state index is 0.0303. The molecule has 1 aliphatic heterocycles. The maximum absolute atomic E-state index is 11.6. The highest BCUT2D eigenvalue weighted by Gasteiger charge is 2.23. The zero-order valence-corrected chi connectivity index (χ0v) is 11.6. The van der Waals surface area contributed by atoms with Crippen molar-refractivity contribution in [2.75, 3.05) is 31.1 Å². The number of rotatable bonds is 3. The molecule has 21 heavy (non-hydrogen) atoms. The largest absolute Gasteiger partial charge is 0.336 e. The third-order valence-electron chi connectivity index (χ3n) is 3.50. The summed E-state index contributed by atoms with van der Waals surface area (Å²) in [5.74, 6) is 0.671. The fourth-order valence-corrected chi connectivity index (χ4v) is 2.37. The first-order valence-electron chi connectivity index (χ1n) is 6.79. The maximum Gasteiger partial charge on any atom is 0.250 e. The third-order valence-corrected chi connectivity index (χ3v) is 3.50. The summed E-state index contributed by atoms with van der Waals surface area (Å²) in [5, 5.41) is 11.9. The number of carbonyl (C=O) groups excluding carboxylic acids is 1. The van der Waals surface area contributed by atoms with Crippen molar-refractivity contribution in [3.63, 3.8) is 0 Å². The molecular weight excluding hydrogens is 268 g/mol. The summed E-state index contributed by atoms with van der Waals surface area (Å²) in [7, 11) is 0. The highest BCUT2D eigenvalue weighted by molar-refractivity contribution is 5.87. The van der Waals surface area contributed by atoms with Crippen molar-refractivity contribution < 1.29 is 4.79 Å². The van der Waals surface area contributed by atoms with Gasteiger partial charge in [-0.3, -0.25) is 4.79 Å². The van der Waals surface area contributed by atoms with Gasteiger partial charge in [0.15, 0.2) is 0 Å². The SMILES string of the molecule is C=CC(=O)N1CCN(c2nnnn2-c2ccccc2)CC1. The Hall–Kier alpha value is -2.70. The average Bonchev–Trinajstić information content (AvgIpc) is 3.04. The molecule has 0 atom stereocenters. The molecule has 0 saturated carbocycles. The van der Waals surface area contributed by atoms with E-state index in [1.54, 1.807) is 9.58 Å². The molecule has 0 radical (unpaired) electrons. The summed E-state index contributed by atoms with van der Waals surface area (Å²) in [6.07, 6.45) is 1.35. The van der Waals surface area contributed by atoms with Gasteiger partial charge in [-0.05, 0) is 28.6 Å². The quantitative estimate of drug-likeness (QED) is 0.768. The molecular formula is C14H16N6O. The van der Waals surface area contributed by atoms with Crippen molar-refractivity contribution in [1.82, 2.24) is 25.1 Å². The minimum Gasteiger partial charge on any atom is -0.336 e. The predicted molar refractivity (Wildman–Crippen MR) is 78.1 cm³/mol. The summed E-state index contributed by atoms with van der Waals surface area (Å²) in [6, 6.07) is 9.75. The number of amides is 1. The first-order valence-corrected chi connectivity index (χ1v) is 6.79. The standard InChI is InChI=1S/C14H16N6O/c1-2-13(21)18-8-10-19(11-9-18)14-15-16-17-20(14)12-6-4-3-5-7-12/h2-7H,1,8-11H2. The van der Waals surface area contributed by atoms with E-state index in [2.05, 4.69) is 27.0 Å². The van der Waals surface area contributed by atoms with Crippen molar-refractivity contribution in [3.8, 4) is 5.69 Å². The summed E-state index contributed by atoms with van der Waals surface area (Å²) in [6.45, 7) is 6.21. The number of benzene rings is 1. The number of hydrogen-bond acceptors (Lipinski definition) is 5. The van der Waals surface area contributed by atoms with Gasteiger partial charge in [0, 0.05) is 26.2 Å². The van der Waals surface area contributed by atoms with Crippen LogP contribution < -0.4 is 4.90 Å². The number of tetrazole rings is 1. The predicted octanol–water partition coefficient (Wildman–Crippen LogP) is 0.497.